The highest BCUT2D eigenvalue weighted by Crippen LogP contribution is 2.36. The van der Waals surface area contributed by atoms with Crippen LogP contribution in [0.5, 0.6) is 5.75 Å². The van der Waals surface area contributed by atoms with Gasteiger partial charge in [0, 0.05) is 15.7 Å². The summed E-state index contributed by atoms with van der Waals surface area (Å²) in [6, 6.07) is 13.9. The quantitative estimate of drug-likeness (QED) is 0.303. The van der Waals surface area contributed by atoms with Crippen molar-refractivity contribution in [3.05, 3.63) is 65.6 Å². The van der Waals surface area contributed by atoms with Crippen LogP contribution in [-0.4, -0.2) is 22.6 Å². The van der Waals surface area contributed by atoms with Gasteiger partial charge in [-0.2, -0.15) is 0 Å². The molecule has 27 heavy (non-hydrogen) atoms. The lowest BCUT2D eigenvalue weighted by Gasteiger charge is -2.13. The standard InChI is InChI=1S/C20H17I2NO3S/c1-2-8-23-19(24)17(27-20(23)25)10-14-9-15(21)11-16(22)18(14)26-12-13-6-4-3-5-7-13/h3-7,9-11H,2,8,12H2,1H3/b17-10+. The van der Waals surface area contributed by atoms with Gasteiger partial charge in [0.15, 0.2) is 0 Å². The highest BCUT2D eigenvalue weighted by molar-refractivity contribution is 14.1. The molecule has 0 atom stereocenters. The molecule has 1 fully saturated rings. The van der Waals surface area contributed by atoms with E-state index >= 15 is 0 Å². The number of carbonyl (C=O) groups is 2. The van der Waals surface area contributed by atoms with E-state index in [0.717, 1.165) is 42.2 Å². The van der Waals surface area contributed by atoms with Crippen LogP contribution >= 0.6 is 56.9 Å². The monoisotopic (exact) mass is 605 g/mol. The summed E-state index contributed by atoms with van der Waals surface area (Å²) >= 11 is 5.47. The van der Waals surface area contributed by atoms with Gasteiger partial charge in [0.05, 0.1) is 8.48 Å². The van der Waals surface area contributed by atoms with Crippen molar-refractivity contribution in [3.63, 3.8) is 0 Å². The van der Waals surface area contributed by atoms with Crippen LogP contribution in [0.15, 0.2) is 47.4 Å². The maximum Gasteiger partial charge on any atom is 0.293 e. The molecule has 1 heterocycles. The Balaban J connectivity index is 1.91. The smallest absolute Gasteiger partial charge is 0.293 e. The largest absolute Gasteiger partial charge is 0.487 e. The lowest BCUT2D eigenvalue weighted by Crippen LogP contribution is -2.28. The molecule has 1 aliphatic heterocycles. The van der Waals surface area contributed by atoms with Gasteiger partial charge in [-0.05, 0) is 87.1 Å². The number of hydrogen-bond donors (Lipinski definition) is 0. The summed E-state index contributed by atoms with van der Waals surface area (Å²) < 4.78 is 8.09. The van der Waals surface area contributed by atoms with E-state index in [4.69, 9.17) is 4.74 Å². The normalized spacial score (nSPS) is 15.7. The molecule has 1 aliphatic rings. The fourth-order valence-corrected chi connectivity index (χ4v) is 5.53. The second-order valence-electron chi connectivity index (χ2n) is 5.91. The zero-order valence-corrected chi connectivity index (χ0v) is 19.7. The van der Waals surface area contributed by atoms with Crippen molar-refractivity contribution < 1.29 is 14.3 Å². The highest BCUT2D eigenvalue weighted by atomic mass is 127. The first-order valence-electron chi connectivity index (χ1n) is 8.40. The molecule has 0 unspecified atom stereocenters. The van der Waals surface area contributed by atoms with E-state index in [1.807, 2.05) is 49.4 Å². The molecule has 4 nitrogen and oxygen atoms in total. The van der Waals surface area contributed by atoms with Crippen molar-refractivity contribution in [1.82, 2.24) is 4.90 Å². The Kier molecular flexibility index (Phi) is 7.21. The second kappa shape index (κ2) is 9.42. The summed E-state index contributed by atoms with van der Waals surface area (Å²) in [6.45, 7) is 2.84. The molecule has 0 N–H and O–H groups in total. The third-order valence-corrected chi connectivity index (χ3v) is 6.20. The van der Waals surface area contributed by atoms with Gasteiger partial charge in [-0.25, -0.2) is 0 Å². The molecule has 0 spiro atoms. The van der Waals surface area contributed by atoms with Crippen molar-refractivity contribution in [2.24, 2.45) is 0 Å². The molecule has 2 aromatic rings. The summed E-state index contributed by atoms with van der Waals surface area (Å²) in [5.74, 6) is 0.497. The van der Waals surface area contributed by atoms with E-state index in [1.165, 1.54) is 4.90 Å². The lowest BCUT2D eigenvalue weighted by atomic mass is 10.1. The first-order chi connectivity index (χ1) is 13.0. The molecule has 3 rings (SSSR count). The molecular weight excluding hydrogens is 588 g/mol. The first-order valence-corrected chi connectivity index (χ1v) is 11.4. The van der Waals surface area contributed by atoms with Crippen LogP contribution in [0.2, 0.25) is 0 Å². The predicted octanol–water partition coefficient (Wildman–Crippen LogP) is 5.92. The Hall–Kier alpha value is -1.07. The minimum absolute atomic E-state index is 0.208. The van der Waals surface area contributed by atoms with Crippen LogP contribution in [0.25, 0.3) is 6.08 Å². The predicted molar refractivity (Wildman–Crippen MR) is 126 cm³/mol. The molecule has 1 saturated heterocycles. The number of ether oxygens (including phenoxy) is 1. The summed E-state index contributed by atoms with van der Waals surface area (Å²) in [7, 11) is 0. The number of thioether (sulfide) groups is 1. The van der Waals surface area contributed by atoms with Crippen molar-refractivity contribution in [2.75, 3.05) is 6.54 Å². The average molecular weight is 605 g/mol. The molecule has 0 bridgehead atoms. The Labute approximate surface area is 190 Å². The summed E-state index contributed by atoms with van der Waals surface area (Å²) in [6.07, 6.45) is 2.52. The van der Waals surface area contributed by atoms with E-state index < -0.39 is 0 Å². The van der Waals surface area contributed by atoms with Crippen LogP contribution in [-0.2, 0) is 11.4 Å². The fraction of sp³-hybridized carbons (Fsp3) is 0.200. The fourth-order valence-electron chi connectivity index (χ4n) is 2.63. The molecule has 0 saturated carbocycles. The van der Waals surface area contributed by atoms with Gasteiger partial charge in [-0.15, -0.1) is 0 Å². The van der Waals surface area contributed by atoms with Crippen molar-refractivity contribution in [1.29, 1.82) is 0 Å². The lowest BCUT2D eigenvalue weighted by molar-refractivity contribution is -0.122. The van der Waals surface area contributed by atoms with Crippen LogP contribution in [0.4, 0.5) is 4.79 Å². The number of nitrogens with zero attached hydrogens (tertiary/aromatic N) is 1. The molecule has 2 aromatic carbocycles. The third kappa shape index (κ3) is 5.05. The minimum atomic E-state index is -0.227. The molecule has 0 aliphatic carbocycles. The Morgan fingerprint density at radius 3 is 2.59 bits per heavy atom. The van der Waals surface area contributed by atoms with E-state index in [1.54, 1.807) is 6.08 Å². The van der Waals surface area contributed by atoms with E-state index in [2.05, 4.69) is 45.2 Å². The summed E-state index contributed by atoms with van der Waals surface area (Å²) in [5.41, 5.74) is 1.88. The molecule has 0 radical (unpaired) electrons. The van der Waals surface area contributed by atoms with E-state index in [-0.39, 0.29) is 11.1 Å². The number of halogens is 2. The molecule has 140 valence electrons. The molecule has 0 aromatic heterocycles. The first kappa shape index (κ1) is 20.7. The number of benzene rings is 2. The van der Waals surface area contributed by atoms with E-state index in [9.17, 15) is 9.59 Å². The maximum absolute atomic E-state index is 12.5. The van der Waals surface area contributed by atoms with E-state index in [0.29, 0.717) is 18.1 Å². The highest BCUT2D eigenvalue weighted by Gasteiger charge is 2.34. The second-order valence-corrected chi connectivity index (χ2v) is 9.31. The average Bonchev–Trinajstić information content (AvgIpc) is 2.89. The van der Waals surface area contributed by atoms with Crippen LogP contribution in [0.3, 0.4) is 0 Å². The Morgan fingerprint density at radius 2 is 1.89 bits per heavy atom. The topological polar surface area (TPSA) is 46.6 Å². The van der Waals surface area contributed by atoms with Crippen molar-refractivity contribution in [2.45, 2.75) is 20.0 Å². The number of hydrogen-bond acceptors (Lipinski definition) is 4. The van der Waals surface area contributed by atoms with Gasteiger partial charge in [-0.3, -0.25) is 14.5 Å². The van der Waals surface area contributed by atoms with Gasteiger partial charge >= 0.3 is 0 Å². The zero-order chi connectivity index (χ0) is 19.4. The number of amides is 2. The van der Waals surface area contributed by atoms with Crippen LogP contribution in [0, 0.1) is 7.14 Å². The minimum Gasteiger partial charge on any atom is -0.487 e. The molecule has 2 amide bonds. The Bertz CT molecular complexity index is 900. The number of imide groups is 1. The Morgan fingerprint density at radius 1 is 1.15 bits per heavy atom. The number of rotatable bonds is 6. The summed E-state index contributed by atoms with van der Waals surface area (Å²) in [4.78, 5) is 26.4. The zero-order valence-electron chi connectivity index (χ0n) is 14.6. The van der Waals surface area contributed by atoms with Gasteiger partial charge < -0.3 is 4.74 Å². The van der Waals surface area contributed by atoms with Gasteiger partial charge in [0.25, 0.3) is 11.1 Å². The SMILES string of the molecule is CCCN1C(=O)S/C(=C/c2cc(I)cc(I)c2OCc2ccccc2)C1=O. The molecule has 7 heteroatoms. The number of carbonyl (C=O) groups excluding carboxylic acids is 2. The van der Waals surface area contributed by atoms with Crippen molar-refractivity contribution in [3.8, 4) is 5.75 Å². The van der Waals surface area contributed by atoms with Gasteiger partial charge in [0.1, 0.15) is 12.4 Å². The molecular formula is C20H17I2NO3S. The van der Waals surface area contributed by atoms with Gasteiger partial charge in [-0.1, -0.05) is 37.3 Å². The van der Waals surface area contributed by atoms with Gasteiger partial charge in [0.2, 0.25) is 0 Å². The maximum atomic E-state index is 12.5. The van der Waals surface area contributed by atoms with Crippen LogP contribution in [0.1, 0.15) is 24.5 Å². The summed E-state index contributed by atoms with van der Waals surface area (Å²) in [5, 5.41) is -0.208. The van der Waals surface area contributed by atoms with Crippen LogP contribution < -0.4 is 4.74 Å². The third-order valence-electron chi connectivity index (χ3n) is 3.87. The van der Waals surface area contributed by atoms with Crippen molar-refractivity contribution >= 4 is 74.2 Å².